The number of anilines is 2. The third-order valence-electron chi connectivity index (χ3n) is 5.74. The maximum absolute atomic E-state index is 13.3. The zero-order valence-corrected chi connectivity index (χ0v) is 19.2. The van der Waals surface area contributed by atoms with Crippen molar-refractivity contribution in [1.29, 1.82) is 0 Å². The van der Waals surface area contributed by atoms with Crippen molar-refractivity contribution < 1.29 is 23.8 Å². The van der Waals surface area contributed by atoms with Crippen LogP contribution in [0.2, 0.25) is 0 Å². The molecule has 1 fully saturated rings. The molecule has 1 aliphatic carbocycles. The van der Waals surface area contributed by atoms with Gasteiger partial charge in [0, 0.05) is 24.1 Å². The molecule has 1 atom stereocenters. The second-order valence-electron chi connectivity index (χ2n) is 7.90. The van der Waals surface area contributed by atoms with Crippen molar-refractivity contribution in [2.45, 2.75) is 38.2 Å². The van der Waals surface area contributed by atoms with Gasteiger partial charge in [-0.3, -0.25) is 9.59 Å². The highest BCUT2D eigenvalue weighted by molar-refractivity contribution is 7.17. The SMILES string of the molecule is COc1ccc(NC(=O)c2c(NC(=O)CNCC3CCCO3)sc3c2CCC3)c(OC)c1. The first kappa shape index (κ1) is 22.6. The number of carbonyl (C=O) groups is 2. The van der Waals surface area contributed by atoms with Gasteiger partial charge in [-0.25, -0.2) is 0 Å². The molecular weight excluding hydrogens is 430 g/mol. The summed E-state index contributed by atoms with van der Waals surface area (Å²) in [6, 6.07) is 5.23. The van der Waals surface area contributed by atoms with E-state index in [-0.39, 0.29) is 24.5 Å². The molecule has 1 aliphatic heterocycles. The van der Waals surface area contributed by atoms with Crippen LogP contribution in [0.3, 0.4) is 0 Å². The number of nitrogens with one attached hydrogen (secondary N) is 3. The van der Waals surface area contributed by atoms with Gasteiger partial charge in [-0.15, -0.1) is 11.3 Å². The normalized spacial score (nSPS) is 17.1. The molecule has 2 aromatic rings. The Morgan fingerprint density at radius 3 is 2.78 bits per heavy atom. The molecule has 1 saturated heterocycles. The summed E-state index contributed by atoms with van der Waals surface area (Å²) in [4.78, 5) is 27.0. The van der Waals surface area contributed by atoms with E-state index >= 15 is 0 Å². The van der Waals surface area contributed by atoms with Crippen molar-refractivity contribution in [3.05, 3.63) is 34.2 Å². The van der Waals surface area contributed by atoms with Gasteiger partial charge in [-0.1, -0.05) is 0 Å². The highest BCUT2D eigenvalue weighted by Gasteiger charge is 2.28. The smallest absolute Gasteiger partial charge is 0.259 e. The second kappa shape index (κ2) is 10.3. The maximum atomic E-state index is 13.3. The van der Waals surface area contributed by atoms with Gasteiger partial charge in [0.15, 0.2) is 0 Å². The lowest BCUT2D eigenvalue weighted by Crippen LogP contribution is -2.33. The summed E-state index contributed by atoms with van der Waals surface area (Å²) >= 11 is 1.49. The molecule has 32 heavy (non-hydrogen) atoms. The molecule has 0 saturated carbocycles. The van der Waals surface area contributed by atoms with Crippen LogP contribution < -0.4 is 25.4 Å². The fourth-order valence-electron chi connectivity index (χ4n) is 4.14. The van der Waals surface area contributed by atoms with E-state index in [1.807, 2.05) is 0 Å². The first-order valence-corrected chi connectivity index (χ1v) is 11.7. The molecule has 1 unspecified atom stereocenters. The summed E-state index contributed by atoms with van der Waals surface area (Å²) in [5, 5.41) is 9.64. The number of benzene rings is 1. The van der Waals surface area contributed by atoms with E-state index in [1.54, 1.807) is 32.4 Å². The summed E-state index contributed by atoms with van der Waals surface area (Å²) in [5.74, 6) is 0.725. The molecule has 2 aliphatic rings. The van der Waals surface area contributed by atoms with Crippen LogP contribution in [0.1, 0.15) is 40.1 Å². The average Bonchev–Trinajstić information content (AvgIpc) is 3.52. The number of hydrogen-bond donors (Lipinski definition) is 3. The monoisotopic (exact) mass is 459 g/mol. The molecule has 0 bridgehead atoms. The lowest BCUT2D eigenvalue weighted by molar-refractivity contribution is -0.115. The number of rotatable bonds is 9. The zero-order chi connectivity index (χ0) is 22.5. The molecular formula is C23H29N3O5S. The van der Waals surface area contributed by atoms with Crippen molar-refractivity contribution in [3.8, 4) is 11.5 Å². The van der Waals surface area contributed by atoms with Gasteiger partial charge in [0.25, 0.3) is 5.91 Å². The predicted molar refractivity (Wildman–Crippen MR) is 124 cm³/mol. The summed E-state index contributed by atoms with van der Waals surface area (Å²) in [7, 11) is 3.12. The highest BCUT2D eigenvalue weighted by Crippen LogP contribution is 2.40. The maximum Gasteiger partial charge on any atom is 0.259 e. The summed E-state index contributed by atoms with van der Waals surface area (Å²) in [6.45, 7) is 1.62. The molecule has 9 heteroatoms. The van der Waals surface area contributed by atoms with Crippen molar-refractivity contribution in [2.75, 3.05) is 44.5 Å². The van der Waals surface area contributed by atoms with Crippen LogP contribution >= 0.6 is 11.3 Å². The van der Waals surface area contributed by atoms with Crippen LogP contribution in [-0.4, -0.2) is 51.8 Å². The Balaban J connectivity index is 1.46. The van der Waals surface area contributed by atoms with Crippen LogP contribution in [0.15, 0.2) is 18.2 Å². The number of amides is 2. The fourth-order valence-corrected chi connectivity index (χ4v) is 5.44. The Morgan fingerprint density at radius 2 is 2.03 bits per heavy atom. The molecule has 4 rings (SSSR count). The topological polar surface area (TPSA) is 97.9 Å². The van der Waals surface area contributed by atoms with E-state index in [1.165, 1.54) is 16.2 Å². The highest BCUT2D eigenvalue weighted by atomic mass is 32.1. The van der Waals surface area contributed by atoms with E-state index in [0.29, 0.717) is 34.3 Å². The number of hydrogen-bond acceptors (Lipinski definition) is 7. The predicted octanol–water partition coefficient (Wildman–Crippen LogP) is 3.21. The van der Waals surface area contributed by atoms with Gasteiger partial charge in [0.05, 0.1) is 38.1 Å². The van der Waals surface area contributed by atoms with Crippen molar-refractivity contribution in [3.63, 3.8) is 0 Å². The largest absolute Gasteiger partial charge is 0.497 e. The minimum Gasteiger partial charge on any atom is -0.497 e. The van der Waals surface area contributed by atoms with Gasteiger partial charge < -0.3 is 30.2 Å². The fraction of sp³-hybridized carbons (Fsp3) is 0.478. The van der Waals surface area contributed by atoms with E-state index in [9.17, 15) is 9.59 Å². The third kappa shape index (κ3) is 5.06. The lowest BCUT2D eigenvalue weighted by Gasteiger charge is -2.14. The molecule has 1 aromatic heterocycles. The van der Waals surface area contributed by atoms with Crippen LogP contribution in [0.25, 0.3) is 0 Å². The molecule has 0 radical (unpaired) electrons. The number of carbonyl (C=O) groups excluding carboxylic acids is 2. The Kier molecular flexibility index (Phi) is 7.29. The molecule has 2 amide bonds. The molecule has 1 aromatic carbocycles. The number of aryl methyl sites for hydroxylation is 1. The second-order valence-corrected chi connectivity index (χ2v) is 9.00. The minimum atomic E-state index is -0.254. The number of thiophene rings is 1. The van der Waals surface area contributed by atoms with Crippen LogP contribution in [0.4, 0.5) is 10.7 Å². The van der Waals surface area contributed by atoms with Crippen LogP contribution in [0, 0.1) is 0 Å². The van der Waals surface area contributed by atoms with Gasteiger partial charge >= 0.3 is 0 Å². The quantitative estimate of drug-likeness (QED) is 0.533. The molecule has 2 heterocycles. The number of ether oxygens (including phenoxy) is 3. The summed E-state index contributed by atoms with van der Waals surface area (Å²) in [5.41, 5.74) is 2.13. The first-order valence-electron chi connectivity index (χ1n) is 10.9. The van der Waals surface area contributed by atoms with Gasteiger partial charge in [0.2, 0.25) is 5.91 Å². The Labute approximate surface area is 191 Å². The Hall–Kier alpha value is -2.62. The molecule has 172 valence electrons. The van der Waals surface area contributed by atoms with E-state index in [2.05, 4.69) is 16.0 Å². The van der Waals surface area contributed by atoms with Crippen molar-refractivity contribution in [2.24, 2.45) is 0 Å². The van der Waals surface area contributed by atoms with Crippen LogP contribution in [0.5, 0.6) is 11.5 Å². The Bertz CT molecular complexity index is 984. The van der Waals surface area contributed by atoms with E-state index in [4.69, 9.17) is 14.2 Å². The standard InChI is InChI=1S/C23H29N3O5S/c1-29-14-8-9-17(18(11-14)30-2)25-22(28)21-16-6-3-7-19(16)32-23(21)26-20(27)13-24-12-15-5-4-10-31-15/h8-9,11,15,24H,3-7,10,12-13H2,1-2H3,(H,25,28)(H,26,27). The van der Waals surface area contributed by atoms with Crippen LogP contribution in [-0.2, 0) is 22.4 Å². The molecule has 0 spiro atoms. The minimum absolute atomic E-state index is 0.168. The van der Waals surface area contributed by atoms with Gasteiger partial charge in [-0.05, 0) is 49.8 Å². The van der Waals surface area contributed by atoms with Gasteiger partial charge in [-0.2, -0.15) is 0 Å². The first-order chi connectivity index (χ1) is 15.6. The van der Waals surface area contributed by atoms with E-state index < -0.39 is 0 Å². The van der Waals surface area contributed by atoms with Gasteiger partial charge in [0.1, 0.15) is 16.5 Å². The summed E-state index contributed by atoms with van der Waals surface area (Å²) < 4.78 is 16.2. The Morgan fingerprint density at radius 1 is 1.16 bits per heavy atom. The molecule has 3 N–H and O–H groups in total. The molecule has 8 nitrogen and oxygen atoms in total. The number of fused-ring (bicyclic) bond motifs is 1. The summed E-state index contributed by atoms with van der Waals surface area (Å²) in [6.07, 6.45) is 5.04. The number of methoxy groups -OCH3 is 2. The zero-order valence-electron chi connectivity index (χ0n) is 18.4. The third-order valence-corrected chi connectivity index (χ3v) is 6.95. The van der Waals surface area contributed by atoms with E-state index in [0.717, 1.165) is 44.3 Å². The lowest BCUT2D eigenvalue weighted by atomic mass is 10.1. The average molecular weight is 460 g/mol. The van der Waals surface area contributed by atoms with Crippen molar-refractivity contribution >= 4 is 33.8 Å². The van der Waals surface area contributed by atoms with Crippen molar-refractivity contribution in [1.82, 2.24) is 5.32 Å².